The van der Waals surface area contributed by atoms with Crippen molar-refractivity contribution in [2.24, 2.45) is 0 Å². The highest BCUT2D eigenvalue weighted by atomic mass is 28.3. The van der Waals surface area contributed by atoms with Gasteiger partial charge in [0.15, 0.2) is 8.07 Å². The van der Waals surface area contributed by atoms with Gasteiger partial charge >= 0.3 is 0 Å². The zero-order valence-corrected chi connectivity index (χ0v) is 23.0. The molecule has 0 saturated heterocycles. The second-order valence-corrected chi connectivity index (χ2v) is 14.0. The molecule has 1 spiro atoms. The topological polar surface area (TPSA) is 12.9 Å². The predicted octanol–water partition coefficient (Wildman–Crippen LogP) is 5.61. The molecule has 3 heterocycles. The fraction of sp³-hybridized carbons (Fsp3) is 0.0263. The van der Waals surface area contributed by atoms with Gasteiger partial charge in [0.25, 0.3) is 0 Å². The first-order chi connectivity index (χ1) is 19.8. The van der Waals surface area contributed by atoms with Crippen LogP contribution in [0, 0.1) is 23.7 Å². The van der Waals surface area contributed by atoms with E-state index >= 15 is 0 Å². The second-order valence-electron chi connectivity index (χ2n) is 10.4. The summed E-state index contributed by atoms with van der Waals surface area (Å²) in [7, 11) is -2.58. The van der Waals surface area contributed by atoms with E-state index in [9.17, 15) is 0 Å². The van der Waals surface area contributed by atoms with Gasteiger partial charge in [-0.2, -0.15) is 0 Å². The molecule has 0 amide bonds. The van der Waals surface area contributed by atoms with Crippen LogP contribution in [0.15, 0.2) is 121 Å². The van der Waals surface area contributed by atoms with Crippen LogP contribution in [-0.2, 0) is 0 Å². The maximum Gasteiger partial charge on any atom is 0.182 e. The highest BCUT2D eigenvalue weighted by Gasteiger charge is 2.54. The molecule has 6 aromatic rings. The van der Waals surface area contributed by atoms with Crippen molar-refractivity contribution < 1.29 is 0 Å². The molecule has 184 valence electrons. The molecule has 40 heavy (non-hydrogen) atoms. The summed E-state index contributed by atoms with van der Waals surface area (Å²) in [6.07, 6.45) is 0. The largest absolute Gasteiger partial charge is 0.248 e. The Hall–Kier alpha value is -5.15. The number of fused-ring (bicyclic) bond motifs is 11. The van der Waals surface area contributed by atoms with E-state index in [0.717, 1.165) is 27.7 Å². The predicted molar refractivity (Wildman–Crippen MR) is 169 cm³/mol. The average Bonchev–Trinajstić information content (AvgIpc) is 3.47. The van der Waals surface area contributed by atoms with Crippen molar-refractivity contribution in [2.45, 2.75) is 6.92 Å². The summed E-state index contributed by atoms with van der Waals surface area (Å²) in [6.45, 7) is 1.82. The monoisotopic (exact) mass is 521 g/mol. The number of nitrogens with zero attached hydrogens (tertiary/aromatic N) is 1. The van der Waals surface area contributed by atoms with Crippen LogP contribution in [0.3, 0.4) is 0 Å². The molecular weight excluding hydrogens is 499 g/mol. The lowest BCUT2D eigenvalue weighted by Crippen LogP contribution is -2.70. The maximum atomic E-state index is 5.06. The minimum atomic E-state index is -2.58. The van der Waals surface area contributed by atoms with Crippen molar-refractivity contribution in [3.8, 4) is 57.2 Å². The molecule has 1 nitrogen and oxygen atoms in total. The third-order valence-electron chi connectivity index (χ3n) is 8.38. The molecule has 0 radical (unpaired) electrons. The lowest BCUT2D eigenvalue weighted by atomic mass is 10.0. The van der Waals surface area contributed by atoms with Gasteiger partial charge in [-0.15, -0.1) is 0 Å². The Labute approximate surface area is 235 Å². The number of pyridine rings is 1. The first-order valence-electron chi connectivity index (χ1n) is 13.6. The van der Waals surface area contributed by atoms with Crippen LogP contribution >= 0.6 is 0 Å². The van der Waals surface area contributed by atoms with Gasteiger partial charge in [-0.05, 0) is 86.0 Å². The lowest BCUT2D eigenvalue weighted by Gasteiger charge is -2.28. The van der Waals surface area contributed by atoms with E-state index in [4.69, 9.17) is 4.98 Å². The summed E-state index contributed by atoms with van der Waals surface area (Å²) in [5.74, 6) is 12.1. The third kappa shape index (κ3) is 3.09. The highest BCUT2D eigenvalue weighted by molar-refractivity contribution is 7.24. The molecule has 0 unspecified atom stereocenters. The smallest absolute Gasteiger partial charge is 0.182 e. The zero-order chi connectivity index (χ0) is 26.7. The van der Waals surface area contributed by atoms with E-state index in [1.54, 1.807) is 0 Å². The second kappa shape index (κ2) is 8.68. The van der Waals surface area contributed by atoms with E-state index in [2.05, 4.69) is 145 Å². The van der Waals surface area contributed by atoms with Gasteiger partial charge in [-0.3, -0.25) is 0 Å². The van der Waals surface area contributed by atoms with Crippen LogP contribution < -0.4 is 20.7 Å². The fourth-order valence-corrected chi connectivity index (χ4v) is 12.4. The van der Waals surface area contributed by atoms with E-state index in [1.165, 1.54) is 43.0 Å². The van der Waals surface area contributed by atoms with Crippen molar-refractivity contribution in [2.75, 3.05) is 0 Å². The summed E-state index contributed by atoms with van der Waals surface area (Å²) >= 11 is 0. The summed E-state index contributed by atoms with van der Waals surface area (Å²) in [5, 5.41) is 6.92. The van der Waals surface area contributed by atoms with Crippen molar-refractivity contribution in [1.82, 2.24) is 4.98 Å². The third-order valence-corrected chi connectivity index (χ3v) is 13.3. The van der Waals surface area contributed by atoms with Crippen LogP contribution in [0.5, 0.6) is 0 Å². The van der Waals surface area contributed by atoms with Crippen molar-refractivity contribution in [1.29, 1.82) is 0 Å². The molecule has 2 aliphatic heterocycles. The molecule has 0 bridgehead atoms. The number of hydrogen-bond acceptors (Lipinski definition) is 1. The minimum Gasteiger partial charge on any atom is -0.248 e. The Kier molecular flexibility index (Phi) is 4.95. The normalized spacial score (nSPS) is 12.9. The SMILES string of the molecule is CC#CC#Cc1ccc2c(c1)[Si]1(c3ccccc3-c3ccccc31)c1cc(-c3ccc4ccccc4n3)ccc1-2. The maximum absolute atomic E-state index is 5.06. The highest BCUT2D eigenvalue weighted by Crippen LogP contribution is 2.37. The van der Waals surface area contributed by atoms with E-state index in [1.807, 2.05) is 6.92 Å². The molecule has 1 aromatic heterocycles. The molecule has 0 atom stereocenters. The Balaban J connectivity index is 1.45. The summed E-state index contributed by atoms with van der Waals surface area (Å²) < 4.78 is 0. The van der Waals surface area contributed by atoms with Gasteiger partial charge in [0.1, 0.15) is 0 Å². The van der Waals surface area contributed by atoms with E-state index < -0.39 is 8.07 Å². The molecule has 5 aromatic carbocycles. The van der Waals surface area contributed by atoms with Crippen molar-refractivity contribution >= 4 is 39.7 Å². The van der Waals surface area contributed by atoms with Gasteiger partial charge < -0.3 is 0 Å². The Bertz CT molecular complexity index is 2100. The molecule has 0 aliphatic carbocycles. The number of benzene rings is 5. The Morgan fingerprint density at radius 1 is 0.550 bits per heavy atom. The molecule has 2 aliphatic rings. The molecule has 8 rings (SSSR count). The van der Waals surface area contributed by atoms with E-state index in [-0.39, 0.29) is 0 Å². The van der Waals surface area contributed by atoms with Crippen LogP contribution in [0.2, 0.25) is 0 Å². The lowest BCUT2D eigenvalue weighted by molar-refractivity contribution is 1.40. The average molecular weight is 522 g/mol. The van der Waals surface area contributed by atoms with Gasteiger partial charge in [-0.25, -0.2) is 4.98 Å². The molecule has 0 saturated carbocycles. The van der Waals surface area contributed by atoms with Gasteiger partial charge in [0.05, 0.1) is 11.2 Å². The molecule has 0 fully saturated rings. The van der Waals surface area contributed by atoms with Crippen LogP contribution in [0.1, 0.15) is 12.5 Å². The van der Waals surface area contributed by atoms with Crippen molar-refractivity contribution in [3.05, 3.63) is 127 Å². The van der Waals surface area contributed by atoms with Crippen LogP contribution in [0.4, 0.5) is 0 Å². The Morgan fingerprint density at radius 2 is 1.20 bits per heavy atom. The standard InChI is InChI=1S/C38H23NSi/c1-2-3-4-11-26-18-21-31-32-22-19-28(34-23-20-27-12-5-8-15-33(27)39-34)25-38(32)40(37(31)24-26)35-16-9-6-13-29(35)30-14-7-10-17-36(30)40/h5-10,12-25H,1H3. The van der Waals surface area contributed by atoms with Gasteiger partial charge in [0.2, 0.25) is 0 Å². The molecule has 0 N–H and O–H groups in total. The quantitative estimate of drug-likeness (QED) is 0.202. The van der Waals surface area contributed by atoms with E-state index in [0.29, 0.717) is 0 Å². The fourth-order valence-electron chi connectivity index (χ4n) is 6.77. The van der Waals surface area contributed by atoms with Crippen molar-refractivity contribution in [3.63, 3.8) is 0 Å². The number of aromatic nitrogens is 1. The summed E-state index contributed by atoms with van der Waals surface area (Å²) in [4.78, 5) is 5.06. The molecular formula is C38H23NSi. The molecule has 2 heteroatoms. The van der Waals surface area contributed by atoms with Crippen LogP contribution in [0.25, 0.3) is 44.4 Å². The van der Waals surface area contributed by atoms with Crippen LogP contribution in [-0.4, -0.2) is 13.1 Å². The first-order valence-corrected chi connectivity index (χ1v) is 15.6. The number of hydrogen-bond donors (Lipinski definition) is 0. The summed E-state index contributed by atoms with van der Waals surface area (Å²) in [5.41, 5.74) is 9.54. The first kappa shape index (κ1) is 22.8. The minimum absolute atomic E-state index is 1.01. The number of rotatable bonds is 1. The zero-order valence-electron chi connectivity index (χ0n) is 22.0. The van der Waals surface area contributed by atoms with Gasteiger partial charge in [-0.1, -0.05) is 109 Å². The Morgan fingerprint density at radius 3 is 1.98 bits per heavy atom. The number of para-hydroxylation sites is 1. The summed E-state index contributed by atoms with van der Waals surface area (Å²) in [6, 6.07) is 44.5. The van der Waals surface area contributed by atoms with Gasteiger partial charge in [0, 0.05) is 16.5 Å².